The number of anilines is 2. The third kappa shape index (κ3) is 8.47. The largest absolute Gasteiger partial charge is 0.388 e. The van der Waals surface area contributed by atoms with Crippen LogP contribution in [0.1, 0.15) is 25.0 Å². The zero-order valence-corrected chi connectivity index (χ0v) is 20.0. The second-order valence-electron chi connectivity index (χ2n) is 7.81. The Morgan fingerprint density at radius 3 is 2.03 bits per heavy atom. The summed E-state index contributed by atoms with van der Waals surface area (Å²) in [5.74, 6) is 0.365. The van der Waals surface area contributed by atoms with E-state index >= 15 is 0 Å². The van der Waals surface area contributed by atoms with Crippen molar-refractivity contribution in [3.8, 4) is 12.0 Å². The van der Waals surface area contributed by atoms with Crippen molar-refractivity contribution in [1.29, 1.82) is 5.26 Å². The summed E-state index contributed by atoms with van der Waals surface area (Å²) < 4.78 is 10.5. The minimum absolute atomic E-state index is 0.224. The monoisotopic (exact) mass is 480 g/mol. The Morgan fingerprint density at radius 1 is 0.943 bits per heavy atom. The average molecular weight is 481 g/mol. The Kier molecular flexibility index (Phi) is 10.2. The van der Waals surface area contributed by atoms with Crippen LogP contribution in [0.4, 0.5) is 26.7 Å². The van der Waals surface area contributed by atoms with Crippen LogP contribution in [-0.2, 0) is 9.53 Å². The van der Waals surface area contributed by atoms with Gasteiger partial charge in [-0.2, -0.15) is 4.99 Å². The number of isocyanates is 1. The fourth-order valence-corrected chi connectivity index (χ4v) is 3.11. The molecule has 11 heteroatoms. The zero-order chi connectivity index (χ0) is 25.8. The molecule has 0 aliphatic heterocycles. The first-order valence-corrected chi connectivity index (χ1v) is 10.8. The summed E-state index contributed by atoms with van der Waals surface area (Å²) in [6.45, 7) is 7.48. The molecule has 2 unspecified atom stereocenters. The number of benzene rings is 2. The standard InChI is InChI=1S/C24H28N6O5/c1-15(27-23(32)29-20-8-5-7-19(17(20)3)26-14-31)11-34-12-16(2)28-24(33)30-21-9-6-10-22(18(21)4)35-13-25/h5-10,15-16H,11-12H2,1-4H3,(H2,27,29,32)(H2,28,30,33). The van der Waals surface area contributed by atoms with Gasteiger partial charge in [0.25, 0.3) is 6.26 Å². The first kappa shape index (κ1) is 26.9. The number of hydrogen-bond donors (Lipinski definition) is 4. The van der Waals surface area contributed by atoms with E-state index in [1.54, 1.807) is 70.3 Å². The van der Waals surface area contributed by atoms with Gasteiger partial charge in [-0.3, -0.25) is 0 Å². The van der Waals surface area contributed by atoms with Crippen molar-refractivity contribution in [2.24, 2.45) is 4.99 Å². The number of amides is 4. The topological polar surface area (TPSA) is 154 Å². The number of urea groups is 2. The highest BCUT2D eigenvalue weighted by molar-refractivity contribution is 5.91. The summed E-state index contributed by atoms with van der Waals surface area (Å²) in [7, 11) is 0. The Balaban J connectivity index is 1.74. The van der Waals surface area contributed by atoms with Gasteiger partial charge in [-0.15, -0.1) is 5.26 Å². The third-order valence-electron chi connectivity index (χ3n) is 4.90. The van der Waals surface area contributed by atoms with Crippen LogP contribution in [0.25, 0.3) is 0 Å². The number of carbonyl (C=O) groups excluding carboxylic acids is 3. The van der Waals surface area contributed by atoms with E-state index in [2.05, 4.69) is 26.3 Å². The molecule has 0 aliphatic rings. The second-order valence-corrected chi connectivity index (χ2v) is 7.81. The van der Waals surface area contributed by atoms with Crippen molar-refractivity contribution >= 4 is 35.2 Å². The van der Waals surface area contributed by atoms with E-state index in [0.29, 0.717) is 33.9 Å². The van der Waals surface area contributed by atoms with Gasteiger partial charge in [0.2, 0.25) is 6.08 Å². The molecule has 0 aliphatic carbocycles. The normalized spacial score (nSPS) is 11.7. The quantitative estimate of drug-likeness (QED) is 0.230. The molecule has 0 spiro atoms. The van der Waals surface area contributed by atoms with Gasteiger partial charge < -0.3 is 30.7 Å². The van der Waals surface area contributed by atoms with Crippen molar-refractivity contribution in [3.05, 3.63) is 47.5 Å². The van der Waals surface area contributed by atoms with Crippen LogP contribution in [0.5, 0.6) is 5.75 Å². The molecule has 0 aromatic heterocycles. The summed E-state index contributed by atoms with van der Waals surface area (Å²) in [5.41, 5.74) is 2.75. The van der Waals surface area contributed by atoms with E-state index < -0.39 is 12.1 Å². The van der Waals surface area contributed by atoms with Crippen LogP contribution < -0.4 is 26.0 Å². The fourth-order valence-electron chi connectivity index (χ4n) is 3.11. The molecule has 0 bridgehead atoms. The van der Waals surface area contributed by atoms with Crippen LogP contribution >= 0.6 is 0 Å². The van der Waals surface area contributed by atoms with Crippen LogP contribution in [0.3, 0.4) is 0 Å². The lowest BCUT2D eigenvalue weighted by atomic mass is 10.1. The van der Waals surface area contributed by atoms with Crippen LogP contribution in [0, 0.1) is 25.4 Å². The lowest BCUT2D eigenvalue weighted by molar-refractivity contribution is 0.103. The van der Waals surface area contributed by atoms with Gasteiger partial charge in [0.05, 0.1) is 31.0 Å². The predicted octanol–water partition coefficient (Wildman–Crippen LogP) is 3.87. The number of aliphatic imine (C=N–C) groups is 1. The van der Waals surface area contributed by atoms with Gasteiger partial charge in [-0.1, -0.05) is 12.1 Å². The summed E-state index contributed by atoms with van der Waals surface area (Å²) >= 11 is 0. The van der Waals surface area contributed by atoms with Crippen LogP contribution in [-0.4, -0.2) is 43.4 Å². The number of nitriles is 1. The summed E-state index contributed by atoms with van der Waals surface area (Å²) in [4.78, 5) is 38.7. The van der Waals surface area contributed by atoms with Crippen molar-refractivity contribution in [3.63, 3.8) is 0 Å². The molecule has 0 saturated carbocycles. The smallest absolute Gasteiger partial charge is 0.319 e. The highest BCUT2D eigenvalue weighted by Gasteiger charge is 2.13. The summed E-state index contributed by atoms with van der Waals surface area (Å²) in [6.07, 6.45) is 3.10. The molecular formula is C24H28N6O5. The molecule has 2 aromatic rings. The Morgan fingerprint density at radius 2 is 1.49 bits per heavy atom. The first-order chi connectivity index (χ1) is 16.7. The minimum Gasteiger partial charge on any atom is -0.388 e. The number of ether oxygens (including phenoxy) is 2. The maximum atomic E-state index is 12.3. The van der Waals surface area contributed by atoms with Gasteiger partial charge in [0.15, 0.2) is 0 Å². The van der Waals surface area contributed by atoms with Crippen LogP contribution in [0.15, 0.2) is 41.4 Å². The van der Waals surface area contributed by atoms with Gasteiger partial charge in [0, 0.05) is 16.9 Å². The molecule has 2 atom stereocenters. The zero-order valence-electron chi connectivity index (χ0n) is 20.0. The van der Waals surface area contributed by atoms with Crippen molar-refractivity contribution in [2.45, 2.75) is 39.8 Å². The second kappa shape index (κ2) is 13.3. The van der Waals surface area contributed by atoms with E-state index in [1.165, 1.54) is 6.08 Å². The molecule has 0 saturated heterocycles. The number of hydrogen-bond acceptors (Lipinski definition) is 7. The van der Waals surface area contributed by atoms with Gasteiger partial charge in [-0.25, -0.2) is 14.4 Å². The number of rotatable bonds is 10. The van der Waals surface area contributed by atoms with Crippen molar-refractivity contribution in [2.75, 3.05) is 23.8 Å². The minimum atomic E-state index is -0.431. The van der Waals surface area contributed by atoms with Gasteiger partial charge >= 0.3 is 12.1 Å². The highest BCUT2D eigenvalue weighted by atomic mass is 16.5. The number of carbonyl (C=O) groups is 2. The van der Waals surface area contributed by atoms with E-state index in [4.69, 9.17) is 14.7 Å². The van der Waals surface area contributed by atoms with Crippen molar-refractivity contribution in [1.82, 2.24) is 10.6 Å². The van der Waals surface area contributed by atoms with Crippen LogP contribution in [0.2, 0.25) is 0 Å². The number of nitrogens with zero attached hydrogens (tertiary/aromatic N) is 2. The maximum Gasteiger partial charge on any atom is 0.319 e. The Hall–Kier alpha value is -4.39. The molecule has 35 heavy (non-hydrogen) atoms. The molecule has 4 amide bonds. The molecular weight excluding hydrogens is 452 g/mol. The van der Waals surface area contributed by atoms with Crippen molar-refractivity contribution < 1.29 is 23.9 Å². The maximum absolute atomic E-state index is 12.3. The average Bonchev–Trinajstić information content (AvgIpc) is 2.79. The van der Waals surface area contributed by atoms with Gasteiger partial charge in [-0.05, 0) is 57.5 Å². The fraction of sp³-hybridized carbons (Fsp3) is 0.333. The highest BCUT2D eigenvalue weighted by Crippen LogP contribution is 2.26. The SMILES string of the molecule is Cc1c(N=C=O)cccc1NC(=O)NC(C)COCC(C)NC(=O)Nc1cccc(OC#N)c1C. The summed E-state index contributed by atoms with van der Waals surface area (Å²) in [6, 6.07) is 8.55. The molecule has 2 aromatic carbocycles. The molecule has 4 N–H and O–H groups in total. The van der Waals surface area contributed by atoms with Gasteiger partial charge in [0.1, 0.15) is 5.75 Å². The predicted molar refractivity (Wildman–Crippen MR) is 130 cm³/mol. The molecule has 0 radical (unpaired) electrons. The molecule has 11 nitrogen and oxygen atoms in total. The van der Waals surface area contributed by atoms with E-state index in [0.717, 1.165) is 0 Å². The van der Waals surface area contributed by atoms with E-state index in [9.17, 15) is 14.4 Å². The molecule has 2 rings (SSSR count). The number of nitrogens with one attached hydrogen (secondary N) is 4. The lowest BCUT2D eigenvalue weighted by Gasteiger charge is -2.19. The Bertz CT molecular complexity index is 1140. The molecule has 0 heterocycles. The Labute approximate surface area is 203 Å². The third-order valence-corrected chi connectivity index (χ3v) is 4.90. The molecule has 184 valence electrons. The molecule has 0 fully saturated rings. The summed E-state index contributed by atoms with van der Waals surface area (Å²) in [5, 5.41) is 19.6. The lowest BCUT2D eigenvalue weighted by Crippen LogP contribution is -2.41. The first-order valence-electron chi connectivity index (χ1n) is 10.8. The van der Waals surface area contributed by atoms with E-state index in [1.807, 2.05) is 0 Å². The van der Waals surface area contributed by atoms with E-state index in [-0.39, 0.29) is 25.3 Å².